The summed E-state index contributed by atoms with van der Waals surface area (Å²) in [4.78, 5) is 17.0. The van der Waals surface area contributed by atoms with E-state index in [9.17, 15) is 4.79 Å². The molecule has 0 saturated heterocycles. The molecule has 1 unspecified atom stereocenters. The largest absolute Gasteiger partial charge is 0.310 e. The van der Waals surface area contributed by atoms with Gasteiger partial charge in [-0.2, -0.15) is 5.10 Å². The van der Waals surface area contributed by atoms with Crippen LogP contribution in [-0.4, -0.2) is 25.9 Å². The molecule has 6 heteroatoms. The fourth-order valence-electron chi connectivity index (χ4n) is 2.48. The topological polar surface area (TPSA) is 59.8 Å². The monoisotopic (exact) mass is 380 g/mol. The van der Waals surface area contributed by atoms with Crippen molar-refractivity contribution in [1.29, 1.82) is 0 Å². The highest BCUT2D eigenvalue weighted by Gasteiger charge is 2.23. The Morgan fingerprint density at radius 1 is 1.11 bits per heavy atom. The molecule has 0 radical (unpaired) electrons. The van der Waals surface area contributed by atoms with E-state index in [-0.39, 0.29) is 16.6 Å². The molecule has 27 heavy (non-hydrogen) atoms. The number of nitrogens with one attached hydrogen (secondary N) is 1. The van der Waals surface area contributed by atoms with Gasteiger partial charge >= 0.3 is 0 Å². The summed E-state index contributed by atoms with van der Waals surface area (Å²) in [5.41, 5.74) is 1.72. The van der Waals surface area contributed by atoms with Crippen molar-refractivity contribution in [2.45, 2.75) is 43.4 Å². The zero-order chi connectivity index (χ0) is 19.4. The number of thioether (sulfide) groups is 1. The van der Waals surface area contributed by atoms with Gasteiger partial charge in [-0.3, -0.25) is 4.79 Å². The van der Waals surface area contributed by atoms with Gasteiger partial charge in [0.05, 0.1) is 21.7 Å². The van der Waals surface area contributed by atoms with Crippen LogP contribution in [0.4, 0.5) is 5.82 Å². The SMILES string of the molecule is CC(Sc1ccccn1)C(=O)Nc1cc(C(C)(C)C)nn1-c1ccccc1. The summed E-state index contributed by atoms with van der Waals surface area (Å²) in [7, 11) is 0. The number of para-hydroxylation sites is 1. The Bertz CT molecular complexity index is 901. The lowest BCUT2D eigenvalue weighted by molar-refractivity contribution is -0.115. The van der Waals surface area contributed by atoms with Crippen molar-refractivity contribution >= 4 is 23.5 Å². The highest BCUT2D eigenvalue weighted by atomic mass is 32.2. The number of pyridine rings is 1. The molecule has 3 rings (SSSR count). The number of aromatic nitrogens is 3. The van der Waals surface area contributed by atoms with Crippen LogP contribution < -0.4 is 5.32 Å². The lowest BCUT2D eigenvalue weighted by atomic mass is 9.92. The first-order chi connectivity index (χ1) is 12.8. The minimum Gasteiger partial charge on any atom is -0.310 e. The van der Waals surface area contributed by atoms with Crippen LogP contribution in [0.1, 0.15) is 33.4 Å². The first-order valence-electron chi connectivity index (χ1n) is 8.89. The van der Waals surface area contributed by atoms with Gasteiger partial charge in [-0.1, -0.05) is 56.8 Å². The van der Waals surface area contributed by atoms with Crippen LogP contribution in [0.5, 0.6) is 0 Å². The molecule has 0 bridgehead atoms. The van der Waals surface area contributed by atoms with E-state index in [0.29, 0.717) is 5.82 Å². The van der Waals surface area contributed by atoms with E-state index in [2.05, 4.69) is 31.1 Å². The number of hydrogen-bond donors (Lipinski definition) is 1. The van der Waals surface area contributed by atoms with E-state index in [0.717, 1.165) is 16.4 Å². The molecule has 0 aliphatic heterocycles. The molecule has 0 fully saturated rings. The third-order valence-corrected chi connectivity index (χ3v) is 5.08. The summed E-state index contributed by atoms with van der Waals surface area (Å²) in [6.45, 7) is 8.20. The van der Waals surface area contributed by atoms with Gasteiger partial charge < -0.3 is 5.32 Å². The molecule has 0 saturated carbocycles. The first-order valence-corrected chi connectivity index (χ1v) is 9.77. The number of anilines is 1. The van der Waals surface area contributed by atoms with Crippen LogP contribution in [0, 0.1) is 0 Å². The Kier molecular flexibility index (Phi) is 5.65. The van der Waals surface area contributed by atoms with Crippen molar-refractivity contribution in [2.24, 2.45) is 0 Å². The van der Waals surface area contributed by atoms with Crippen LogP contribution >= 0.6 is 11.8 Å². The molecule has 1 N–H and O–H groups in total. The maximum Gasteiger partial charge on any atom is 0.238 e. The van der Waals surface area contributed by atoms with Crippen molar-refractivity contribution in [1.82, 2.24) is 14.8 Å². The molecule has 5 nitrogen and oxygen atoms in total. The van der Waals surface area contributed by atoms with Gasteiger partial charge in [-0.15, -0.1) is 0 Å². The number of nitrogens with zero attached hydrogens (tertiary/aromatic N) is 3. The van der Waals surface area contributed by atoms with Gasteiger partial charge in [0, 0.05) is 17.7 Å². The Balaban J connectivity index is 1.84. The molecule has 2 heterocycles. The highest BCUT2D eigenvalue weighted by molar-refractivity contribution is 8.00. The van der Waals surface area contributed by atoms with Crippen molar-refractivity contribution in [2.75, 3.05) is 5.32 Å². The van der Waals surface area contributed by atoms with Crippen molar-refractivity contribution in [3.8, 4) is 5.69 Å². The predicted octanol–water partition coefficient (Wildman–Crippen LogP) is 4.68. The van der Waals surface area contributed by atoms with E-state index in [1.54, 1.807) is 10.9 Å². The summed E-state index contributed by atoms with van der Waals surface area (Å²) in [6, 6.07) is 17.5. The predicted molar refractivity (Wildman–Crippen MR) is 110 cm³/mol. The molecule has 0 aliphatic rings. The van der Waals surface area contributed by atoms with E-state index < -0.39 is 0 Å². The van der Waals surface area contributed by atoms with Gasteiger partial charge in [0.25, 0.3) is 0 Å². The standard InChI is InChI=1S/C21H24N4OS/c1-15(27-19-12-8-9-13-22-19)20(26)23-18-14-17(21(2,3)4)24-25(18)16-10-6-5-7-11-16/h5-15H,1-4H3,(H,23,26). The second kappa shape index (κ2) is 7.96. The zero-order valence-corrected chi connectivity index (χ0v) is 16.8. The third-order valence-electron chi connectivity index (χ3n) is 4.03. The van der Waals surface area contributed by atoms with Crippen LogP contribution in [0.25, 0.3) is 5.69 Å². The summed E-state index contributed by atoms with van der Waals surface area (Å²) in [5.74, 6) is 0.591. The molecule has 1 amide bonds. The number of amides is 1. The lowest BCUT2D eigenvalue weighted by Crippen LogP contribution is -2.24. The van der Waals surface area contributed by atoms with Crippen LogP contribution in [-0.2, 0) is 10.2 Å². The smallest absolute Gasteiger partial charge is 0.238 e. The van der Waals surface area contributed by atoms with E-state index in [4.69, 9.17) is 5.10 Å². The minimum atomic E-state index is -0.280. The van der Waals surface area contributed by atoms with Gasteiger partial charge in [0.2, 0.25) is 5.91 Å². The van der Waals surface area contributed by atoms with Gasteiger partial charge in [-0.25, -0.2) is 9.67 Å². The number of carbonyl (C=O) groups excluding carboxylic acids is 1. The van der Waals surface area contributed by atoms with E-state index in [1.807, 2.05) is 61.5 Å². The second-order valence-corrected chi connectivity index (χ2v) is 8.69. The highest BCUT2D eigenvalue weighted by Crippen LogP contribution is 2.27. The minimum absolute atomic E-state index is 0.0804. The molecule has 1 atom stereocenters. The molecule has 2 aromatic heterocycles. The average molecular weight is 381 g/mol. The lowest BCUT2D eigenvalue weighted by Gasteiger charge is -2.14. The molecule has 140 valence electrons. The first kappa shape index (κ1) is 19.2. The number of hydrogen-bond acceptors (Lipinski definition) is 4. The zero-order valence-electron chi connectivity index (χ0n) is 16.0. The Morgan fingerprint density at radius 2 is 1.81 bits per heavy atom. The number of benzene rings is 1. The average Bonchev–Trinajstić information content (AvgIpc) is 3.07. The Hall–Kier alpha value is -2.60. The molecule has 0 aliphatic carbocycles. The normalized spacial score (nSPS) is 12.6. The second-order valence-electron chi connectivity index (χ2n) is 7.33. The summed E-state index contributed by atoms with van der Waals surface area (Å²) < 4.78 is 1.79. The molecule has 0 spiro atoms. The Labute approximate surface area is 164 Å². The fourth-order valence-corrected chi connectivity index (χ4v) is 3.29. The summed E-state index contributed by atoms with van der Waals surface area (Å²) >= 11 is 1.43. The molecule has 3 aromatic rings. The van der Waals surface area contributed by atoms with Crippen molar-refractivity contribution < 1.29 is 4.79 Å². The molecular formula is C21H24N4OS. The van der Waals surface area contributed by atoms with Crippen molar-refractivity contribution in [3.63, 3.8) is 0 Å². The van der Waals surface area contributed by atoms with E-state index in [1.165, 1.54) is 11.8 Å². The van der Waals surface area contributed by atoms with Crippen molar-refractivity contribution in [3.05, 3.63) is 66.5 Å². The maximum absolute atomic E-state index is 12.8. The summed E-state index contributed by atoms with van der Waals surface area (Å²) in [6.07, 6.45) is 1.73. The number of rotatable bonds is 5. The molecular weight excluding hydrogens is 356 g/mol. The summed E-state index contributed by atoms with van der Waals surface area (Å²) in [5, 5.41) is 8.31. The van der Waals surface area contributed by atoms with Gasteiger partial charge in [0.1, 0.15) is 5.82 Å². The van der Waals surface area contributed by atoms with Crippen LogP contribution in [0.15, 0.2) is 65.8 Å². The van der Waals surface area contributed by atoms with E-state index >= 15 is 0 Å². The van der Waals surface area contributed by atoms with Gasteiger partial charge in [0.15, 0.2) is 0 Å². The van der Waals surface area contributed by atoms with Crippen LogP contribution in [0.2, 0.25) is 0 Å². The number of carbonyl (C=O) groups is 1. The third kappa shape index (κ3) is 4.77. The maximum atomic E-state index is 12.8. The fraction of sp³-hybridized carbons (Fsp3) is 0.286. The molecule has 1 aromatic carbocycles. The Morgan fingerprint density at radius 3 is 2.44 bits per heavy atom. The van der Waals surface area contributed by atoms with Gasteiger partial charge in [-0.05, 0) is 31.2 Å². The van der Waals surface area contributed by atoms with Crippen LogP contribution in [0.3, 0.4) is 0 Å². The quantitative estimate of drug-likeness (QED) is 0.653.